The standard InChI is InChI=1S/C27H35N3O3/c1-17(31)33-20-8-12-26(2)19(16-20)4-5-21-22-6-7-24(27(22,3)13-9-23(21)26)29-30-25(32)18-10-14-28-15-11-18/h4,10-11,14-15,20-23H,5-9,12-13,16H2,1-3H3,(H,30,32)/b29-24-/t20-,21-,22-,23-,26+,27+/m1/s1. The van der Waals surface area contributed by atoms with Gasteiger partial charge in [0.2, 0.25) is 0 Å². The number of pyridine rings is 1. The maximum atomic E-state index is 12.5. The number of nitrogens with zero attached hydrogens (tertiary/aromatic N) is 2. The lowest BCUT2D eigenvalue weighted by Crippen LogP contribution is -2.50. The molecule has 0 aromatic carbocycles. The van der Waals surface area contributed by atoms with Crippen LogP contribution in [0, 0.1) is 28.6 Å². The van der Waals surface area contributed by atoms with Crippen molar-refractivity contribution in [2.75, 3.05) is 0 Å². The number of carbonyl (C=O) groups is 2. The van der Waals surface area contributed by atoms with Crippen molar-refractivity contribution in [3.05, 3.63) is 41.7 Å². The van der Waals surface area contributed by atoms with Gasteiger partial charge < -0.3 is 4.74 Å². The highest BCUT2D eigenvalue weighted by molar-refractivity contribution is 5.97. The number of amides is 1. The van der Waals surface area contributed by atoms with Crippen LogP contribution in [0.3, 0.4) is 0 Å². The predicted molar refractivity (Wildman–Crippen MR) is 126 cm³/mol. The average molecular weight is 450 g/mol. The third kappa shape index (κ3) is 3.81. The molecule has 6 nitrogen and oxygen atoms in total. The number of rotatable bonds is 3. The van der Waals surface area contributed by atoms with Crippen molar-refractivity contribution in [1.82, 2.24) is 10.4 Å². The van der Waals surface area contributed by atoms with E-state index in [1.807, 2.05) is 0 Å². The monoisotopic (exact) mass is 449 g/mol. The van der Waals surface area contributed by atoms with Crippen molar-refractivity contribution in [3.8, 4) is 0 Å². The minimum atomic E-state index is -0.173. The van der Waals surface area contributed by atoms with Gasteiger partial charge in [0.25, 0.3) is 5.91 Å². The lowest BCUT2D eigenvalue weighted by molar-refractivity contribution is -0.148. The summed E-state index contributed by atoms with van der Waals surface area (Å²) in [5, 5.41) is 4.66. The Hall–Kier alpha value is -2.50. The van der Waals surface area contributed by atoms with E-state index in [2.05, 4.69) is 35.4 Å². The lowest BCUT2D eigenvalue weighted by atomic mass is 9.48. The molecule has 0 saturated heterocycles. The van der Waals surface area contributed by atoms with Crippen LogP contribution < -0.4 is 5.43 Å². The van der Waals surface area contributed by atoms with Crippen LogP contribution in [0.4, 0.5) is 0 Å². The zero-order valence-electron chi connectivity index (χ0n) is 20.0. The highest BCUT2D eigenvalue weighted by Crippen LogP contribution is 2.64. The van der Waals surface area contributed by atoms with Gasteiger partial charge in [0, 0.05) is 42.4 Å². The number of allylic oxidation sites excluding steroid dienone is 1. The highest BCUT2D eigenvalue weighted by Gasteiger charge is 2.58. The van der Waals surface area contributed by atoms with Crippen LogP contribution in [0.25, 0.3) is 0 Å². The number of hydrogen-bond donors (Lipinski definition) is 1. The number of hydrazone groups is 1. The Bertz CT molecular complexity index is 1000. The Kier molecular flexibility index (Phi) is 5.66. The van der Waals surface area contributed by atoms with Gasteiger partial charge in [-0.3, -0.25) is 14.6 Å². The first-order valence-corrected chi connectivity index (χ1v) is 12.5. The van der Waals surface area contributed by atoms with Crippen LogP contribution in [0.5, 0.6) is 0 Å². The van der Waals surface area contributed by atoms with Crippen molar-refractivity contribution in [1.29, 1.82) is 0 Å². The smallest absolute Gasteiger partial charge is 0.302 e. The van der Waals surface area contributed by atoms with Gasteiger partial charge in [0.15, 0.2) is 0 Å². The maximum absolute atomic E-state index is 12.5. The molecular formula is C27H35N3O3. The van der Waals surface area contributed by atoms with Gasteiger partial charge in [-0.1, -0.05) is 25.5 Å². The molecule has 3 saturated carbocycles. The summed E-state index contributed by atoms with van der Waals surface area (Å²) in [6, 6.07) is 3.42. The van der Waals surface area contributed by atoms with Crippen molar-refractivity contribution in [2.45, 2.75) is 78.2 Å². The fourth-order valence-electron chi connectivity index (χ4n) is 7.62. The van der Waals surface area contributed by atoms with Crippen LogP contribution in [0.1, 0.15) is 82.5 Å². The minimum absolute atomic E-state index is 0.0430. The topological polar surface area (TPSA) is 80.6 Å². The lowest BCUT2D eigenvalue weighted by Gasteiger charge is -2.57. The largest absolute Gasteiger partial charge is 0.462 e. The Labute approximate surface area is 196 Å². The zero-order chi connectivity index (χ0) is 23.2. The van der Waals surface area contributed by atoms with E-state index in [9.17, 15) is 9.59 Å². The Morgan fingerprint density at radius 2 is 1.82 bits per heavy atom. The fraction of sp³-hybridized carbons (Fsp3) is 0.630. The molecule has 1 heterocycles. The number of aromatic nitrogens is 1. The van der Waals surface area contributed by atoms with Crippen molar-refractivity contribution >= 4 is 17.6 Å². The van der Waals surface area contributed by atoms with Gasteiger partial charge in [0.05, 0.1) is 0 Å². The van der Waals surface area contributed by atoms with Crippen LogP contribution in [0.15, 0.2) is 41.3 Å². The summed E-state index contributed by atoms with van der Waals surface area (Å²) in [5.74, 6) is 1.60. The summed E-state index contributed by atoms with van der Waals surface area (Å²) in [7, 11) is 0. The van der Waals surface area contributed by atoms with E-state index in [-0.39, 0.29) is 28.8 Å². The first kappa shape index (κ1) is 22.3. The highest BCUT2D eigenvalue weighted by atomic mass is 16.5. The molecule has 6 heteroatoms. The number of esters is 1. The second kappa shape index (κ2) is 8.37. The van der Waals surface area contributed by atoms with Gasteiger partial charge in [-0.25, -0.2) is 5.43 Å². The van der Waals surface area contributed by atoms with Crippen molar-refractivity contribution < 1.29 is 14.3 Å². The van der Waals surface area contributed by atoms with Gasteiger partial charge in [-0.05, 0) is 80.2 Å². The molecular weight excluding hydrogens is 414 g/mol. The molecule has 4 aliphatic carbocycles. The Balaban J connectivity index is 1.33. The normalized spacial score (nSPS) is 38.5. The summed E-state index contributed by atoms with van der Waals surface area (Å²) < 4.78 is 5.57. The van der Waals surface area contributed by atoms with Crippen molar-refractivity contribution in [3.63, 3.8) is 0 Å². The van der Waals surface area contributed by atoms with Gasteiger partial charge >= 0.3 is 5.97 Å². The molecule has 176 valence electrons. The molecule has 0 spiro atoms. The SMILES string of the molecule is CC(=O)O[C@@H]1CC[C@@]2(C)C(=CC[C@H]3[C@H]2CC[C@]2(C)/C(=N\NC(=O)c4ccncc4)CC[C@H]32)C1. The summed E-state index contributed by atoms with van der Waals surface area (Å²) >= 11 is 0. The molecule has 1 amide bonds. The predicted octanol–water partition coefficient (Wildman–Crippen LogP) is 5.06. The van der Waals surface area contributed by atoms with E-state index >= 15 is 0 Å². The second-order valence-electron chi connectivity index (χ2n) is 11.0. The molecule has 1 aromatic rings. The molecule has 33 heavy (non-hydrogen) atoms. The molecule has 0 aliphatic heterocycles. The number of hydrogen-bond acceptors (Lipinski definition) is 5. The molecule has 4 aliphatic rings. The van der Waals surface area contributed by atoms with E-state index in [4.69, 9.17) is 4.74 Å². The maximum Gasteiger partial charge on any atom is 0.302 e. The molecule has 5 rings (SSSR count). The summed E-state index contributed by atoms with van der Waals surface area (Å²) in [5.41, 5.74) is 6.35. The van der Waals surface area contributed by atoms with Crippen LogP contribution in [0.2, 0.25) is 0 Å². The fourth-order valence-corrected chi connectivity index (χ4v) is 7.62. The number of ether oxygens (including phenoxy) is 1. The van der Waals surface area contributed by atoms with E-state index < -0.39 is 0 Å². The molecule has 0 bridgehead atoms. The van der Waals surface area contributed by atoms with Crippen LogP contribution >= 0.6 is 0 Å². The first-order chi connectivity index (χ1) is 15.8. The average Bonchev–Trinajstić information content (AvgIpc) is 3.14. The number of nitrogens with one attached hydrogen (secondary N) is 1. The number of carbonyl (C=O) groups excluding carboxylic acids is 2. The molecule has 1 N–H and O–H groups in total. The summed E-state index contributed by atoms with van der Waals surface area (Å²) in [6.07, 6.45) is 14.3. The molecule has 1 aromatic heterocycles. The number of fused-ring (bicyclic) bond motifs is 5. The molecule has 3 fully saturated rings. The minimum Gasteiger partial charge on any atom is -0.462 e. The van der Waals surface area contributed by atoms with E-state index in [1.165, 1.54) is 18.9 Å². The van der Waals surface area contributed by atoms with Crippen LogP contribution in [-0.2, 0) is 9.53 Å². The van der Waals surface area contributed by atoms with Crippen LogP contribution in [-0.4, -0.2) is 28.7 Å². The van der Waals surface area contributed by atoms with E-state index in [1.54, 1.807) is 24.5 Å². The Morgan fingerprint density at radius 3 is 2.58 bits per heavy atom. The summed E-state index contributed by atoms with van der Waals surface area (Å²) in [6.45, 7) is 6.35. The van der Waals surface area contributed by atoms with Crippen molar-refractivity contribution in [2.24, 2.45) is 33.7 Å². The molecule has 0 unspecified atom stereocenters. The zero-order valence-corrected chi connectivity index (χ0v) is 20.0. The third-order valence-corrected chi connectivity index (χ3v) is 9.37. The Morgan fingerprint density at radius 1 is 1.09 bits per heavy atom. The first-order valence-electron chi connectivity index (χ1n) is 12.5. The second-order valence-corrected chi connectivity index (χ2v) is 11.0. The molecule has 0 radical (unpaired) electrons. The molecule has 6 atom stereocenters. The summed E-state index contributed by atoms with van der Waals surface area (Å²) in [4.78, 5) is 27.9. The van der Waals surface area contributed by atoms with Gasteiger partial charge in [-0.2, -0.15) is 5.10 Å². The van der Waals surface area contributed by atoms with E-state index in [0.29, 0.717) is 23.3 Å². The van der Waals surface area contributed by atoms with Gasteiger partial charge in [-0.15, -0.1) is 0 Å². The third-order valence-electron chi connectivity index (χ3n) is 9.37. The quantitative estimate of drug-likeness (QED) is 0.397. The van der Waals surface area contributed by atoms with Gasteiger partial charge in [0.1, 0.15) is 6.10 Å². The van der Waals surface area contributed by atoms with E-state index in [0.717, 1.165) is 50.7 Å².